The Kier molecular flexibility index (Phi) is 11.6. The quantitative estimate of drug-likeness (QED) is 0.149. The largest absolute Gasteiger partial charge is 0.360 e. The first-order chi connectivity index (χ1) is 38.2. The molecule has 8 aromatic rings. The van der Waals surface area contributed by atoms with E-state index >= 15 is 0 Å². The van der Waals surface area contributed by atoms with Crippen molar-refractivity contribution < 1.29 is 0 Å². The van der Waals surface area contributed by atoms with Gasteiger partial charge in [-0.1, -0.05) is 231 Å². The van der Waals surface area contributed by atoms with E-state index in [9.17, 15) is 0 Å². The van der Waals surface area contributed by atoms with Crippen LogP contribution in [-0.4, -0.2) is 20.5 Å². The summed E-state index contributed by atoms with van der Waals surface area (Å²) < 4.78 is 2.62. The van der Waals surface area contributed by atoms with E-state index in [1.807, 2.05) is 0 Å². The van der Waals surface area contributed by atoms with Crippen LogP contribution < -0.4 is 10.6 Å². The molecule has 0 spiro atoms. The average Bonchev–Trinajstić information content (AvgIpc) is 4.09. The van der Waals surface area contributed by atoms with E-state index < -0.39 is 0 Å². The van der Waals surface area contributed by atoms with Crippen LogP contribution in [0.2, 0.25) is 0 Å². The van der Waals surface area contributed by atoms with E-state index in [0.717, 1.165) is 38.5 Å². The van der Waals surface area contributed by atoms with Crippen molar-refractivity contribution in [3.63, 3.8) is 0 Å². The second-order valence-electron chi connectivity index (χ2n) is 22.2. The second kappa shape index (κ2) is 19.4. The second-order valence-corrected chi connectivity index (χ2v) is 22.2. The number of rotatable bonds is 8. The number of benzene rings is 7. The molecule has 1 saturated carbocycles. The number of hydrogen-bond acceptors (Lipinski definition) is 4. The third-order valence-corrected chi connectivity index (χ3v) is 17.8. The highest BCUT2D eigenvalue weighted by Crippen LogP contribution is 2.51. The van der Waals surface area contributed by atoms with Crippen molar-refractivity contribution >= 4 is 27.6 Å². The summed E-state index contributed by atoms with van der Waals surface area (Å²) in [5.41, 5.74) is 17.7. The maximum atomic E-state index is 5.74. The van der Waals surface area contributed by atoms with Gasteiger partial charge in [-0.2, -0.15) is 0 Å². The van der Waals surface area contributed by atoms with Crippen molar-refractivity contribution in [3.05, 3.63) is 275 Å². The Morgan fingerprint density at radius 1 is 0.532 bits per heavy atom. The molecule has 15 rings (SSSR count). The lowest BCUT2D eigenvalue weighted by molar-refractivity contribution is 0.209. The highest BCUT2D eigenvalue weighted by molar-refractivity contribution is 6.21. The number of hydrogen-bond donors (Lipinski definition) is 2. The van der Waals surface area contributed by atoms with Gasteiger partial charge in [0.25, 0.3) is 0 Å². The summed E-state index contributed by atoms with van der Waals surface area (Å²) in [6, 6.07) is 57.7. The minimum absolute atomic E-state index is 0.0258. The van der Waals surface area contributed by atoms with Gasteiger partial charge in [0, 0.05) is 40.6 Å². The van der Waals surface area contributed by atoms with Crippen molar-refractivity contribution in [2.45, 2.75) is 87.6 Å². The van der Waals surface area contributed by atoms with E-state index in [4.69, 9.17) is 4.98 Å². The highest BCUT2D eigenvalue weighted by atomic mass is 15.4. The third-order valence-electron chi connectivity index (χ3n) is 17.8. The molecule has 7 unspecified atom stereocenters. The molecule has 0 bridgehead atoms. The molecule has 7 aromatic carbocycles. The summed E-state index contributed by atoms with van der Waals surface area (Å²) in [5, 5.41) is 13.5. The van der Waals surface area contributed by atoms with Crippen LogP contribution in [0.25, 0.3) is 61.1 Å². The molecule has 0 radical (unpaired) electrons. The van der Waals surface area contributed by atoms with Crippen molar-refractivity contribution in [2.75, 3.05) is 0 Å². The van der Waals surface area contributed by atoms with Gasteiger partial charge in [-0.05, 0) is 117 Å². The van der Waals surface area contributed by atoms with Crippen molar-refractivity contribution in [1.82, 2.24) is 25.1 Å². The van der Waals surface area contributed by atoms with Gasteiger partial charge in [0.15, 0.2) is 0 Å². The highest BCUT2D eigenvalue weighted by Gasteiger charge is 2.43. The molecule has 4 aliphatic carbocycles. The number of nitrogens with one attached hydrogen (secondary N) is 2. The van der Waals surface area contributed by atoms with Gasteiger partial charge < -0.3 is 14.8 Å². The zero-order valence-electron chi connectivity index (χ0n) is 43.5. The molecule has 3 aliphatic heterocycles. The SMILES string of the molecule is C1=CCC(C2=C(C3=CCCC=C3)NC3c4ccccc4C=CC(c4cccc(-c5c6ccccc6c(-c6cccc(C7NC8CCCCC8c8nc(C9C=CC=CC9)c(-c9ccccc9)n87)c6)c6ccccc56)c4)N23)C=C1. The Labute approximate surface area is 452 Å². The van der Waals surface area contributed by atoms with Gasteiger partial charge in [-0.25, -0.2) is 4.98 Å². The molecular formula is C72H63N5. The molecule has 1 aromatic heterocycles. The summed E-state index contributed by atoms with van der Waals surface area (Å²) in [6.07, 6.45) is 39.0. The molecule has 7 aliphatic rings. The van der Waals surface area contributed by atoms with Crippen LogP contribution in [0.5, 0.6) is 0 Å². The van der Waals surface area contributed by atoms with Gasteiger partial charge in [0.1, 0.15) is 18.2 Å². The molecule has 7 atom stereocenters. The molecule has 1 fully saturated rings. The van der Waals surface area contributed by atoms with E-state index in [-0.39, 0.29) is 30.2 Å². The first kappa shape index (κ1) is 46.1. The standard InChI is InChI=1S/C72H63N5/c1-5-24-48(25-6-1)66-68(50-28-9-3-10-29-50)76-63(44-43-47-23-13-14-36-56(47)71(76)74-66)52-32-21-33-53(45-52)64-57-37-15-17-39-59(57)65(60-40-18-16-38-58(60)64)54-34-22-35-55(46-54)70-73-62-42-20-19-41-61(62)72-75-67(49-26-7-2-8-27-49)69(77(70)72)51-30-11-4-12-31-51/h2-5,7-18,21-26,28,30-40,43-46,49-50,61-63,70-71,73-74H,1,6,19-20,27,29,41-42H2. The zero-order valence-corrected chi connectivity index (χ0v) is 43.5. The third kappa shape index (κ3) is 7.88. The molecule has 0 amide bonds. The number of fused-ring (bicyclic) bond motifs is 8. The molecule has 2 N–H and O–H groups in total. The van der Waals surface area contributed by atoms with E-state index in [0.29, 0.717) is 12.0 Å². The Hall–Kier alpha value is -8.25. The molecule has 376 valence electrons. The fourth-order valence-corrected chi connectivity index (χ4v) is 14.3. The smallest absolute Gasteiger partial charge is 0.127 e. The minimum Gasteiger partial charge on any atom is -0.360 e. The molecule has 0 saturated heterocycles. The predicted octanol–water partition coefficient (Wildman–Crippen LogP) is 17.3. The summed E-state index contributed by atoms with van der Waals surface area (Å²) >= 11 is 0. The number of aromatic nitrogens is 2. The fraction of sp³-hybridized carbons (Fsp3) is 0.208. The van der Waals surface area contributed by atoms with Crippen molar-refractivity contribution in [2.24, 2.45) is 5.92 Å². The molecular weight excluding hydrogens is 935 g/mol. The lowest BCUT2D eigenvalue weighted by Gasteiger charge is -2.42. The Balaban J connectivity index is 0.874. The lowest BCUT2D eigenvalue weighted by atomic mass is 9.81. The van der Waals surface area contributed by atoms with Gasteiger partial charge in [-0.15, -0.1) is 0 Å². The monoisotopic (exact) mass is 998 g/mol. The van der Waals surface area contributed by atoms with Gasteiger partial charge >= 0.3 is 0 Å². The van der Waals surface area contributed by atoms with Gasteiger partial charge in [-0.3, -0.25) is 5.32 Å². The molecule has 77 heavy (non-hydrogen) atoms. The van der Waals surface area contributed by atoms with Crippen LogP contribution in [-0.2, 0) is 0 Å². The summed E-state index contributed by atoms with van der Waals surface area (Å²) in [6.45, 7) is 0. The summed E-state index contributed by atoms with van der Waals surface area (Å²) in [5.74, 6) is 2.10. The van der Waals surface area contributed by atoms with Crippen LogP contribution in [0.4, 0.5) is 0 Å². The summed E-state index contributed by atoms with van der Waals surface area (Å²) in [7, 11) is 0. The van der Waals surface area contributed by atoms with E-state index in [1.54, 1.807) is 0 Å². The predicted molar refractivity (Wildman–Crippen MR) is 318 cm³/mol. The summed E-state index contributed by atoms with van der Waals surface area (Å²) in [4.78, 5) is 8.46. The number of imidazole rings is 1. The van der Waals surface area contributed by atoms with Crippen LogP contribution in [0, 0.1) is 5.92 Å². The van der Waals surface area contributed by atoms with Crippen LogP contribution in [0.3, 0.4) is 0 Å². The maximum Gasteiger partial charge on any atom is 0.127 e. The maximum absolute atomic E-state index is 5.74. The van der Waals surface area contributed by atoms with Crippen LogP contribution in [0.15, 0.2) is 242 Å². The molecule has 5 nitrogen and oxygen atoms in total. The number of nitrogens with zero attached hydrogens (tertiary/aromatic N) is 3. The first-order valence-electron chi connectivity index (χ1n) is 28.4. The fourth-order valence-electron chi connectivity index (χ4n) is 14.3. The average molecular weight is 998 g/mol. The topological polar surface area (TPSA) is 45.1 Å². The van der Waals surface area contributed by atoms with Gasteiger partial charge in [0.2, 0.25) is 0 Å². The van der Waals surface area contributed by atoms with Gasteiger partial charge in [0.05, 0.1) is 23.1 Å². The minimum atomic E-state index is -0.0764. The zero-order chi connectivity index (χ0) is 50.8. The van der Waals surface area contributed by atoms with Crippen LogP contribution in [0.1, 0.15) is 115 Å². The Morgan fingerprint density at radius 3 is 1.88 bits per heavy atom. The van der Waals surface area contributed by atoms with Crippen molar-refractivity contribution in [1.29, 1.82) is 0 Å². The Morgan fingerprint density at radius 2 is 1.18 bits per heavy atom. The molecule has 4 heterocycles. The van der Waals surface area contributed by atoms with E-state index in [1.165, 1.54) is 119 Å². The Bertz CT molecular complexity index is 3840. The van der Waals surface area contributed by atoms with Crippen LogP contribution >= 0.6 is 0 Å². The lowest BCUT2D eigenvalue weighted by Crippen LogP contribution is -2.48. The molecule has 5 heteroatoms. The van der Waals surface area contributed by atoms with E-state index in [2.05, 4.69) is 251 Å². The first-order valence-corrected chi connectivity index (χ1v) is 28.4. The van der Waals surface area contributed by atoms with Crippen molar-refractivity contribution in [3.8, 4) is 33.5 Å². The number of allylic oxidation sites excluding steroid dienone is 11. The normalized spacial score (nSPS) is 24.1.